The predicted octanol–water partition coefficient (Wildman–Crippen LogP) is 3.65. The molecule has 1 heterocycles. The second kappa shape index (κ2) is 9.26. The molecular formula is C18H25N3S. The molecule has 1 aromatic carbocycles. The smallest absolute Gasteiger partial charge is 0.191 e. The summed E-state index contributed by atoms with van der Waals surface area (Å²) in [6.45, 7) is 6.90. The molecule has 0 aliphatic rings. The Balaban J connectivity index is 1.82. The number of rotatable bonds is 7. The topological polar surface area (TPSA) is 36.4 Å². The lowest BCUT2D eigenvalue weighted by molar-refractivity contribution is 0.755. The van der Waals surface area contributed by atoms with Crippen LogP contribution in [0.2, 0.25) is 0 Å². The van der Waals surface area contributed by atoms with Crippen molar-refractivity contribution in [1.82, 2.24) is 10.6 Å². The van der Waals surface area contributed by atoms with Gasteiger partial charge < -0.3 is 10.6 Å². The van der Waals surface area contributed by atoms with Gasteiger partial charge in [0.2, 0.25) is 0 Å². The van der Waals surface area contributed by atoms with Crippen LogP contribution in [0.15, 0.2) is 52.8 Å². The highest BCUT2D eigenvalue weighted by atomic mass is 32.1. The first kappa shape index (κ1) is 16.6. The van der Waals surface area contributed by atoms with Gasteiger partial charge in [0.05, 0.1) is 6.54 Å². The fourth-order valence-electron chi connectivity index (χ4n) is 2.20. The summed E-state index contributed by atoms with van der Waals surface area (Å²) >= 11 is 1.80. The monoisotopic (exact) mass is 315 g/mol. The molecule has 1 unspecified atom stereocenters. The lowest BCUT2D eigenvalue weighted by Crippen LogP contribution is -2.38. The van der Waals surface area contributed by atoms with Gasteiger partial charge in [-0.3, -0.25) is 4.99 Å². The van der Waals surface area contributed by atoms with Crippen LogP contribution < -0.4 is 10.6 Å². The zero-order valence-electron chi connectivity index (χ0n) is 13.4. The molecular weight excluding hydrogens is 290 g/mol. The van der Waals surface area contributed by atoms with Crippen LogP contribution in [0.25, 0.3) is 0 Å². The van der Waals surface area contributed by atoms with Gasteiger partial charge in [0.1, 0.15) is 0 Å². The van der Waals surface area contributed by atoms with Gasteiger partial charge in [-0.2, -0.15) is 0 Å². The standard InChI is InChI=1S/C18H25N3S/c1-3-19-18(20-12-11-16-8-5-4-6-9-16)21-14-15(2)17-10-7-13-22-17/h4-10,13,15H,3,11-12,14H2,1-2H3,(H2,19,20,21). The minimum atomic E-state index is 0.463. The highest BCUT2D eigenvalue weighted by Gasteiger charge is 2.06. The molecule has 1 aromatic heterocycles. The van der Waals surface area contributed by atoms with Gasteiger partial charge in [0, 0.05) is 23.9 Å². The van der Waals surface area contributed by atoms with Crippen molar-refractivity contribution in [3.63, 3.8) is 0 Å². The van der Waals surface area contributed by atoms with E-state index >= 15 is 0 Å². The molecule has 3 nitrogen and oxygen atoms in total. The molecule has 0 aliphatic heterocycles. The Morgan fingerprint density at radius 1 is 1.14 bits per heavy atom. The van der Waals surface area contributed by atoms with Crippen LogP contribution in [-0.4, -0.2) is 25.6 Å². The van der Waals surface area contributed by atoms with E-state index in [4.69, 9.17) is 4.99 Å². The van der Waals surface area contributed by atoms with Crippen LogP contribution in [0.4, 0.5) is 0 Å². The normalized spacial score (nSPS) is 12.9. The van der Waals surface area contributed by atoms with Crippen molar-refractivity contribution >= 4 is 17.3 Å². The second-order valence-corrected chi connectivity index (χ2v) is 6.28. The van der Waals surface area contributed by atoms with Crippen LogP contribution in [0.3, 0.4) is 0 Å². The van der Waals surface area contributed by atoms with Crippen molar-refractivity contribution in [2.75, 3.05) is 19.6 Å². The Bertz CT molecular complexity index is 549. The molecule has 0 saturated heterocycles. The summed E-state index contributed by atoms with van der Waals surface area (Å²) in [7, 11) is 0. The number of hydrogen-bond donors (Lipinski definition) is 2. The number of benzene rings is 1. The molecule has 2 rings (SSSR count). The lowest BCUT2D eigenvalue weighted by atomic mass is 10.1. The Morgan fingerprint density at radius 3 is 2.64 bits per heavy atom. The number of nitrogens with one attached hydrogen (secondary N) is 2. The van der Waals surface area contributed by atoms with E-state index in [1.165, 1.54) is 10.4 Å². The molecule has 0 fully saturated rings. The first-order valence-electron chi connectivity index (χ1n) is 7.89. The Morgan fingerprint density at radius 2 is 1.95 bits per heavy atom. The maximum atomic E-state index is 4.70. The molecule has 0 radical (unpaired) electrons. The quantitative estimate of drug-likeness (QED) is 0.604. The van der Waals surface area contributed by atoms with Crippen LogP contribution in [0.1, 0.15) is 30.2 Å². The molecule has 0 spiro atoms. The minimum absolute atomic E-state index is 0.463. The van der Waals surface area contributed by atoms with Gasteiger partial charge in [0.25, 0.3) is 0 Å². The van der Waals surface area contributed by atoms with Crippen molar-refractivity contribution in [2.24, 2.45) is 4.99 Å². The zero-order valence-corrected chi connectivity index (χ0v) is 14.2. The third-order valence-corrected chi connectivity index (χ3v) is 4.55. The molecule has 0 amide bonds. The van der Waals surface area contributed by atoms with E-state index in [2.05, 4.69) is 72.3 Å². The van der Waals surface area contributed by atoms with E-state index in [-0.39, 0.29) is 0 Å². The third-order valence-electron chi connectivity index (χ3n) is 3.45. The van der Waals surface area contributed by atoms with E-state index in [1.54, 1.807) is 11.3 Å². The van der Waals surface area contributed by atoms with Crippen molar-refractivity contribution in [3.05, 3.63) is 58.3 Å². The number of hydrogen-bond acceptors (Lipinski definition) is 2. The molecule has 22 heavy (non-hydrogen) atoms. The third kappa shape index (κ3) is 5.53. The van der Waals surface area contributed by atoms with Gasteiger partial charge in [0.15, 0.2) is 5.96 Å². The average Bonchev–Trinajstić information content (AvgIpc) is 3.08. The molecule has 2 N–H and O–H groups in total. The predicted molar refractivity (Wildman–Crippen MR) is 96.9 cm³/mol. The zero-order chi connectivity index (χ0) is 15.6. The number of nitrogens with zero attached hydrogens (tertiary/aromatic N) is 1. The summed E-state index contributed by atoms with van der Waals surface area (Å²) in [5, 5.41) is 8.85. The van der Waals surface area contributed by atoms with Crippen LogP contribution >= 0.6 is 11.3 Å². The molecule has 1 atom stereocenters. The maximum absolute atomic E-state index is 4.70. The van der Waals surface area contributed by atoms with Gasteiger partial charge in [-0.15, -0.1) is 11.3 Å². The van der Waals surface area contributed by atoms with Crippen molar-refractivity contribution in [3.8, 4) is 0 Å². The van der Waals surface area contributed by atoms with E-state index in [1.807, 2.05) is 0 Å². The SMILES string of the molecule is CCNC(=NCC(C)c1cccs1)NCCc1ccccc1. The summed E-state index contributed by atoms with van der Waals surface area (Å²) in [4.78, 5) is 6.09. The molecule has 0 aliphatic carbocycles. The number of thiophene rings is 1. The molecule has 2 aromatic rings. The Labute approximate surface area is 137 Å². The van der Waals surface area contributed by atoms with Gasteiger partial charge in [-0.05, 0) is 30.4 Å². The van der Waals surface area contributed by atoms with Gasteiger partial charge in [-0.25, -0.2) is 0 Å². The van der Waals surface area contributed by atoms with Crippen LogP contribution in [0, 0.1) is 0 Å². The lowest BCUT2D eigenvalue weighted by Gasteiger charge is -2.13. The summed E-state index contributed by atoms with van der Waals surface area (Å²) in [6.07, 6.45) is 1.01. The molecule has 0 bridgehead atoms. The van der Waals surface area contributed by atoms with E-state index in [0.29, 0.717) is 5.92 Å². The summed E-state index contributed by atoms with van der Waals surface area (Å²) in [6, 6.07) is 14.8. The first-order valence-corrected chi connectivity index (χ1v) is 8.77. The van der Waals surface area contributed by atoms with Crippen LogP contribution in [-0.2, 0) is 6.42 Å². The highest BCUT2D eigenvalue weighted by Crippen LogP contribution is 2.20. The van der Waals surface area contributed by atoms with Crippen molar-refractivity contribution < 1.29 is 0 Å². The largest absolute Gasteiger partial charge is 0.357 e. The van der Waals surface area contributed by atoms with Crippen LogP contribution in [0.5, 0.6) is 0 Å². The van der Waals surface area contributed by atoms with Crippen molar-refractivity contribution in [2.45, 2.75) is 26.2 Å². The Hall–Kier alpha value is -1.81. The van der Waals surface area contributed by atoms with E-state index < -0.39 is 0 Å². The van der Waals surface area contributed by atoms with Crippen molar-refractivity contribution in [1.29, 1.82) is 0 Å². The molecule has 4 heteroatoms. The molecule has 0 saturated carbocycles. The first-order chi connectivity index (χ1) is 10.8. The van der Waals surface area contributed by atoms with E-state index in [9.17, 15) is 0 Å². The summed E-state index contributed by atoms with van der Waals surface area (Å²) in [5.41, 5.74) is 1.35. The van der Waals surface area contributed by atoms with E-state index in [0.717, 1.165) is 32.0 Å². The molecule has 118 valence electrons. The van der Waals surface area contributed by atoms with Gasteiger partial charge >= 0.3 is 0 Å². The average molecular weight is 315 g/mol. The minimum Gasteiger partial charge on any atom is -0.357 e. The van der Waals surface area contributed by atoms with Gasteiger partial charge in [-0.1, -0.05) is 43.3 Å². The maximum Gasteiger partial charge on any atom is 0.191 e. The highest BCUT2D eigenvalue weighted by molar-refractivity contribution is 7.10. The number of guanidine groups is 1. The second-order valence-electron chi connectivity index (χ2n) is 5.30. The Kier molecular flexibility index (Phi) is 6.97. The summed E-state index contributed by atoms with van der Waals surface area (Å²) < 4.78 is 0. The summed E-state index contributed by atoms with van der Waals surface area (Å²) in [5.74, 6) is 1.37. The fraction of sp³-hybridized carbons (Fsp3) is 0.389. The fourth-order valence-corrected chi connectivity index (χ4v) is 2.98. The number of aliphatic imine (C=N–C) groups is 1.